The molecule has 22 heavy (non-hydrogen) atoms. The van der Waals surface area contributed by atoms with Gasteiger partial charge >= 0.3 is 12.5 Å². The van der Waals surface area contributed by atoms with Crippen molar-refractivity contribution in [1.82, 2.24) is 0 Å². The van der Waals surface area contributed by atoms with E-state index in [1.165, 1.54) is 19.1 Å². The minimum Gasteiger partial charge on any atom is -0.433 e. The van der Waals surface area contributed by atoms with E-state index in [1.807, 2.05) is 5.32 Å². The Hall–Kier alpha value is -1.83. The molecule has 1 fully saturated rings. The van der Waals surface area contributed by atoms with Crippen LogP contribution in [0.4, 0.5) is 23.2 Å². The zero-order valence-corrected chi connectivity index (χ0v) is 11.7. The minimum absolute atomic E-state index is 0.193. The first-order chi connectivity index (χ1) is 10.2. The lowest BCUT2D eigenvalue weighted by Gasteiger charge is -2.41. The van der Waals surface area contributed by atoms with Crippen molar-refractivity contribution >= 4 is 11.6 Å². The molecule has 0 radical (unpaired) electrons. The number of aryl methyl sites for hydroxylation is 1. The highest BCUT2D eigenvalue weighted by Crippen LogP contribution is 2.45. The molecule has 0 aliphatic heterocycles. The van der Waals surface area contributed by atoms with E-state index in [0.717, 1.165) is 6.07 Å². The van der Waals surface area contributed by atoms with Gasteiger partial charge in [-0.25, -0.2) is 0 Å². The summed E-state index contributed by atoms with van der Waals surface area (Å²) in [5.74, 6) is -6.18. The molecule has 1 aliphatic rings. The van der Waals surface area contributed by atoms with Gasteiger partial charge in [0.2, 0.25) is 0 Å². The molecule has 1 aromatic carbocycles. The Labute approximate surface area is 124 Å². The first-order valence-corrected chi connectivity index (χ1v) is 6.63. The van der Waals surface area contributed by atoms with Gasteiger partial charge in [0.15, 0.2) is 0 Å². The first kappa shape index (κ1) is 16.5. The fraction of sp³-hybridized carbons (Fsp3) is 0.500. The number of carbonyl (C=O) groups is 1. The minimum atomic E-state index is -4.02. The molecular weight excluding hydrogens is 306 g/mol. The molecule has 2 N–H and O–H groups in total. The number of carbonyl (C=O) groups excluding carboxylic acids is 1. The summed E-state index contributed by atoms with van der Waals surface area (Å²) >= 11 is 0. The Morgan fingerprint density at radius 1 is 1.41 bits per heavy atom. The number of hydrogen-bond acceptors (Lipinski definition) is 3. The van der Waals surface area contributed by atoms with Gasteiger partial charge in [-0.2, -0.15) is 17.6 Å². The molecule has 122 valence electrons. The van der Waals surface area contributed by atoms with Gasteiger partial charge in [0.25, 0.3) is 5.91 Å². The molecule has 0 bridgehead atoms. The number of ether oxygens (including phenoxy) is 1. The summed E-state index contributed by atoms with van der Waals surface area (Å²) in [6.07, 6.45) is 0.00659. The Morgan fingerprint density at radius 3 is 2.55 bits per heavy atom. The largest absolute Gasteiger partial charge is 0.433 e. The Kier molecular flexibility index (Phi) is 4.32. The fourth-order valence-electron chi connectivity index (χ4n) is 2.22. The van der Waals surface area contributed by atoms with Crippen LogP contribution in [0.25, 0.3) is 0 Å². The van der Waals surface area contributed by atoms with E-state index >= 15 is 0 Å². The van der Waals surface area contributed by atoms with E-state index in [4.69, 9.17) is 0 Å². The van der Waals surface area contributed by atoms with Crippen molar-refractivity contribution in [2.24, 2.45) is 0 Å². The topological polar surface area (TPSA) is 58.6 Å². The normalized spacial score (nSPS) is 17.0. The van der Waals surface area contributed by atoms with E-state index in [1.54, 1.807) is 0 Å². The molecule has 0 spiro atoms. The molecule has 1 aromatic rings. The third-order valence-corrected chi connectivity index (χ3v) is 3.74. The molecule has 0 heterocycles. The second kappa shape index (κ2) is 5.75. The molecule has 8 heteroatoms. The fourth-order valence-corrected chi connectivity index (χ4v) is 2.22. The van der Waals surface area contributed by atoms with Crippen LogP contribution in [-0.4, -0.2) is 29.1 Å². The molecular formula is C14H15F4NO3. The molecule has 1 aliphatic carbocycles. The highest BCUT2D eigenvalue weighted by atomic mass is 19.3. The van der Waals surface area contributed by atoms with Crippen LogP contribution in [0.3, 0.4) is 0 Å². The van der Waals surface area contributed by atoms with Gasteiger partial charge in [-0.1, -0.05) is 12.1 Å². The quantitative estimate of drug-likeness (QED) is 0.820. The number of halogens is 4. The van der Waals surface area contributed by atoms with Gasteiger partial charge in [0.05, 0.1) is 5.69 Å². The van der Waals surface area contributed by atoms with Crippen LogP contribution in [0.15, 0.2) is 18.2 Å². The van der Waals surface area contributed by atoms with Crippen molar-refractivity contribution in [3.8, 4) is 5.75 Å². The molecule has 0 aromatic heterocycles. The van der Waals surface area contributed by atoms with Crippen molar-refractivity contribution in [3.05, 3.63) is 23.8 Å². The third-order valence-electron chi connectivity index (χ3n) is 3.74. The number of anilines is 1. The zero-order chi connectivity index (χ0) is 16.5. The summed E-state index contributed by atoms with van der Waals surface area (Å²) < 4.78 is 56.9. The van der Waals surface area contributed by atoms with Gasteiger partial charge in [-0.15, -0.1) is 0 Å². The molecule has 0 atom stereocenters. The monoisotopic (exact) mass is 321 g/mol. The number of aliphatic hydroxyl groups is 1. The van der Waals surface area contributed by atoms with Crippen LogP contribution in [-0.2, 0) is 4.79 Å². The highest BCUT2D eigenvalue weighted by Gasteiger charge is 2.61. The lowest BCUT2D eigenvalue weighted by molar-refractivity contribution is -0.212. The molecule has 1 amide bonds. The van der Waals surface area contributed by atoms with Crippen LogP contribution in [0.2, 0.25) is 0 Å². The van der Waals surface area contributed by atoms with Gasteiger partial charge < -0.3 is 15.2 Å². The number of hydrogen-bond donors (Lipinski definition) is 2. The van der Waals surface area contributed by atoms with Crippen LogP contribution >= 0.6 is 0 Å². The van der Waals surface area contributed by atoms with Gasteiger partial charge in [-0.05, 0) is 37.8 Å². The van der Waals surface area contributed by atoms with Crippen LogP contribution in [0.5, 0.6) is 5.75 Å². The van der Waals surface area contributed by atoms with Gasteiger partial charge in [-0.3, -0.25) is 4.79 Å². The Bertz CT molecular complexity index is 573. The molecule has 4 nitrogen and oxygen atoms in total. The lowest BCUT2D eigenvalue weighted by atomic mass is 9.75. The standard InChI is InChI=1S/C14H15F4NO3/c1-8-4-2-5-9(22-12(15)16)10(8)19-11(20)14(17,18)13(21)6-3-7-13/h2,4-5,12,21H,3,6-7H2,1H3,(H,19,20). The predicted molar refractivity (Wildman–Crippen MR) is 70.2 cm³/mol. The van der Waals surface area contributed by atoms with E-state index in [2.05, 4.69) is 4.74 Å². The third kappa shape index (κ3) is 2.87. The maximum atomic E-state index is 14.0. The van der Waals surface area contributed by atoms with Crippen molar-refractivity contribution in [2.45, 2.75) is 44.3 Å². The summed E-state index contributed by atoms with van der Waals surface area (Å²) in [4.78, 5) is 11.8. The van der Waals surface area contributed by atoms with Crippen LogP contribution < -0.4 is 10.1 Å². The lowest BCUT2D eigenvalue weighted by Crippen LogP contribution is -2.59. The maximum Gasteiger partial charge on any atom is 0.387 e. The summed E-state index contributed by atoms with van der Waals surface area (Å²) in [7, 11) is 0. The van der Waals surface area contributed by atoms with E-state index in [-0.39, 0.29) is 24.1 Å². The molecule has 0 saturated heterocycles. The van der Waals surface area contributed by atoms with Crippen molar-refractivity contribution < 1.29 is 32.2 Å². The first-order valence-electron chi connectivity index (χ1n) is 6.63. The Balaban J connectivity index is 2.25. The van der Waals surface area contributed by atoms with Crippen LogP contribution in [0.1, 0.15) is 24.8 Å². The second-order valence-corrected chi connectivity index (χ2v) is 5.24. The number of alkyl halides is 4. The number of benzene rings is 1. The average Bonchev–Trinajstić information content (AvgIpc) is 2.38. The highest BCUT2D eigenvalue weighted by molar-refractivity contribution is 5.99. The van der Waals surface area contributed by atoms with Crippen LogP contribution in [0, 0.1) is 6.92 Å². The van der Waals surface area contributed by atoms with Crippen molar-refractivity contribution in [3.63, 3.8) is 0 Å². The number of para-hydroxylation sites is 1. The zero-order valence-electron chi connectivity index (χ0n) is 11.7. The van der Waals surface area contributed by atoms with E-state index in [0.29, 0.717) is 6.42 Å². The van der Waals surface area contributed by atoms with Gasteiger partial charge in [0.1, 0.15) is 11.4 Å². The predicted octanol–water partition coefficient (Wildman–Crippen LogP) is 3.09. The van der Waals surface area contributed by atoms with E-state index < -0.39 is 29.8 Å². The summed E-state index contributed by atoms with van der Waals surface area (Å²) in [6.45, 7) is -1.71. The smallest absolute Gasteiger partial charge is 0.387 e. The summed E-state index contributed by atoms with van der Waals surface area (Å²) in [6, 6.07) is 3.97. The van der Waals surface area contributed by atoms with Crippen molar-refractivity contribution in [1.29, 1.82) is 0 Å². The second-order valence-electron chi connectivity index (χ2n) is 5.24. The molecule has 1 saturated carbocycles. The summed E-state index contributed by atoms with van der Waals surface area (Å²) in [5, 5.41) is 11.6. The number of rotatable bonds is 5. The van der Waals surface area contributed by atoms with Gasteiger partial charge in [0, 0.05) is 0 Å². The maximum absolute atomic E-state index is 14.0. The number of nitrogens with one attached hydrogen (secondary N) is 1. The Morgan fingerprint density at radius 2 is 2.05 bits per heavy atom. The van der Waals surface area contributed by atoms with Crippen molar-refractivity contribution in [2.75, 3.05) is 5.32 Å². The molecule has 2 rings (SSSR count). The average molecular weight is 321 g/mol. The SMILES string of the molecule is Cc1cccc(OC(F)F)c1NC(=O)C(F)(F)C1(O)CCC1. The molecule has 0 unspecified atom stereocenters. The van der Waals surface area contributed by atoms with E-state index in [9.17, 15) is 27.5 Å². The summed E-state index contributed by atoms with van der Waals surface area (Å²) in [5.41, 5.74) is -2.37. The number of amides is 1.